The molecule has 0 aromatic heterocycles. The van der Waals surface area contributed by atoms with E-state index in [9.17, 15) is 14.9 Å². The Bertz CT molecular complexity index is 1030. The molecule has 2 atom stereocenters. The van der Waals surface area contributed by atoms with Crippen LogP contribution < -0.4 is 5.43 Å². The third-order valence-corrected chi connectivity index (χ3v) is 7.69. The van der Waals surface area contributed by atoms with E-state index in [4.69, 9.17) is 0 Å². The van der Waals surface area contributed by atoms with Crippen molar-refractivity contribution >= 4 is 17.8 Å². The zero-order chi connectivity index (χ0) is 21.6. The molecule has 0 heterocycles. The quantitative estimate of drug-likeness (QED) is 0.427. The maximum absolute atomic E-state index is 13.3. The third-order valence-electron chi connectivity index (χ3n) is 7.69. The van der Waals surface area contributed by atoms with Crippen molar-refractivity contribution in [2.24, 2.45) is 22.4 Å². The minimum absolute atomic E-state index is 0.0243. The van der Waals surface area contributed by atoms with E-state index >= 15 is 0 Å². The van der Waals surface area contributed by atoms with Crippen molar-refractivity contribution in [3.05, 3.63) is 75.3 Å². The standard InChI is InChI=1S/C25H27N3O3/c1-17-2-6-21(7-3-17)24-11-19-10-20(12-24)14-25(13-19,16-24)23(29)27-26-15-18-4-8-22(9-5-18)28(30)31/h2-9,15,19-20H,10-14,16H2,1H3,(H,27,29)/b26-15-/t19-,20-,24?,25?/m0/s1. The first-order valence-electron chi connectivity index (χ1n) is 11.0. The Kier molecular flexibility index (Phi) is 4.68. The molecule has 0 aliphatic heterocycles. The second-order valence-corrected chi connectivity index (χ2v) is 9.94. The number of hydrogen-bond donors (Lipinski definition) is 1. The number of non-ortho nitro benzene ring substituents is 1. The van der Waals surface area contributed by atoms with Gasteiger partial charge in [-0.25, -0.2) is 5.43 Å². The van der Waals surface area contributed by atoms with E-state index < -0.39 is 4.92 Å². The molecule has 2 aromatic rings. The molecular formula is C25H27N3O3. The Hall–Kier alpha value is -3.02. The zero-order valence-electron chi connectivity index (χ0n) is 17.7. The number of carbonyl (C=O) groups excluding carboxylic acids is 1. The number of benzene rings is 2. The van der Waals surface area contributed by atoms with Crippen LogP contribution in [-0.2, 0) is 10.2 Å². The van der Waals surface area contributed by atoms with Gasteiger partial charge in [-0.3, -0.25) is 14.9 Å². The molecule has 0 spiro atoms. The number of hydrogen-bond acceptors (Lipinski definition) is 4. The fourth-order valence-electron chi connectivity index (χ4n) is 6.74. The second-order valence-electron chi connectivity index (χ2n) is 9.94. The largest absolute Gasteiger partial charge is 0.273 e. The summed E-state index contributed by atoms with van der Waals surface area (Å²) in [5, 5.41) is 15.0. The highest BCUT2D eigenvalue weighted by Gasteiger charge is 2.60. The van der Waals surface area contributed by atoms with Gasteiger partial charge in [-0.1, -0.05) is 29.8 Å². The summed E-state index contributed by atoms with van der Waals surface area (Å²) in [5.74, 6) is 1.23. The van der Waals surface area contributed by atoms with Crippen molar-refractivity contribution < 1.29 is 9.72 Å². The first-order valence-corrected chi connectivity index (χ1v) is 11.0. The van der Waals surface area contributed by atoms with Crippen LogP contribution in [0.2, 0.25) is 0 Å². The van der Waals surface area contributed by atoms with Crippen molar-refractivity contribution in [3.8, 4) is 0 Å². The molecule has 0 unspecified atom stereocenters. The molecule has 4 fully saturated rings. The Morgan fingerprint density at radius 2 is 1.71 bits per heavy atom. The first-order chi connectivity index (χ1) is 14.9. The number of nitro groups is 1. The van der Waals surface area contributed by atoms with Crippen molar-refractivity contribution in [1.82, 2.24) is 5.43 Å². The summed E-state index contributed by atoms with van der Waals surface area (Å²) in [5.41, 5.74) is 5.97. The normalized spacial score (nSPS) is 31.1. The third kappa shape index (κ3) is 3.54. The van der Waals surface area contributed by atoms with Gasteiger partial charge in [0.25, 0.3) is 5.69 Å². The Balaban J connectivity index is 1.34. The van der Waals surface area contributed by atoms with E-state index in [1.165, 1.54) is 42.5 Å². The zero-order valence-corrected chi connectivity index (χ0v) is 17.7. The van der Waals surface area contributed by atoms with Crippen LogP contribution in [0.1, 0.15) is 55.2 Å². The van der Waals surface area contributed by atoms with E-state index in [1.54, 1.807) is 18.3 Å². The minimum Gasteiger partial charge on any atom is -0.273 e. The van der Waals surface area contributed by atoms with Crippen LogP contribution in [-0.4, -0.2) is 17.0 Å². The van der Waals surface area contributed by atoms with Gasteiger partial charge in [0.05, 0.1) is 16.6 Å². The highest BCUT2D eigenvalue weighted by atomic mass is 16.6. The minimum atomic E-state index is -0.431. The molecule has 4 aliphatic carbocycles. The lowest BCUT2D eigenvalue weighted by atomic mass is 9.42. The van der Waals surface area contributed by atoms with Gasteiger partial charge in [0, 0.05) is 12.1 Å². The molecule has 31 heavy (non-hydrogen) atoms. The van der Waals surface area contributed by atoms with Gasteiger partial charge in [0.1, 0.15) is 0 Å². The predicted octanol–water partition coefficient (Wildman–Crippen LogP) is 4.89. The number of rotatable bonds is 5. The summed E-state index contributed by atoms with van der Waals surface area (Å²) in [6, 6.07) is 15.0. The molecule has 1 N–H and O–H groups in total. The number of nitrogens with one attached hydrogen (secondary N) is 1. The molecule has 4 saturated carbocycles. The highest BCUT2D eigenvalue weighted by molar-refractivity contribution is 5.86. The molecule has 4 bridgehead atoms. The molecule has 0 saturated heterocycles. The predicted molar refractivity (Wildman–Crippen MR) is 119 cm³/mol. The Morgan fingerprint density at radius 1 is 1.06 bits per heavy atom. The number of nitro benzene ring substituents is 1. The Morgan fingerprint density at radius 3 is 2.32 bits per heavy atom. The topological polar surface area (TPSA) is 84.6 Å². The van der Waals surface area contributed by atoms with Gasteiger partial charge < -0.3 is 0 Å². The maximum Gasteiger partial charge on any atom is 0.269 e. The van der Waals surface area contributed by atoms with Gasteiger partial charge in [0.15, 0.2) is 0 Å². The summed E-state index contributed by atoms with van der Waals surface area (Å²) >= 11 is 0. The average Bonchev–Trinajstić information content (AvgIpc) is 2.73. The second kappa shape index (κ2) is 7.29. The summed E-state index contributed by atoms with van der Waals surface area (Å²) in [7, 11) is 0. The number of hydrazone groups is 1. The smallest absolute Gasteiger partial charge is 0.269 e. The lowest BCUT2D eigenvalue weighted by molar-refractivity contribution is -0.384. The van der Waals surface area contributed by atoms with Gasteiger partial charge in [-0.2, -0.15) is 5.10 Å². The molecule has 4 aliphatic rings. The van der Waals surface area contributed by atoms with Crippen LogP contribution in [0.15, 0.2) is 53.6 Å². The molecule has 6 nitrogen and oxygen atoms in total. The van der Waals surface area contributed by atoms with Crippen LogP contribution >= 0.6 is 0 Å². The van der Waals surface area contributed by atoms with Crippen molar-refractivity contribution in [2.45, 2.75) is 50.9 Å². The lowest BCUT2D eigenvalue weighted by Gasteiger charge is -2.61. The number of carbonyl (C=O) groups is 1. The van der Waals surface area contributed by atoms with Crippen molar-refractivity contribution in [1.29, 1.82) is 0 Å². The summed E-state index contributed by atoms with van der Waals surface area (Å²) in [6.45, 7) is 2.11. The fraction of sp³-hybridized carbons (Fsp3) is 0.440. The number of nitrogens with zero attached hydrogens (tertiary/aromatic N) is 2. The number of aryl methyl sites for hydroxylation is 1. The SMILES string of the molecule is Cc1ccc(C23C[C@@H]4C[C@H](CC(C(=O)N/N=C\c5ccc([N+](=O)[O-])cc5)(C4)C2)C3)cc1. The van der Waals surface area contributed by atoms with E-state index in [-0.39, 0.29) is 22.4 Å². The van der Waals surface area contributed by atoms with Gasteiger partial charge >= 0.3 is 0 Å². The van der Waals surface area contributed by atoms with Gasteiger partial charge in [-0.15, -0.1) is 0 Å². The van der Waals surface area contributed by atoms with Gasteiger partial charge in [0.2, 0.25) is 5.91 Å². The Labute approximate surface area is 181 Å². The maximum atomic E-state index is 13.3. The van der Waals surface area contributed by atoms with E-state index in [1.807, 2.05) is 0 Å². The van der Waals surface area contributed by atoms with E-state index in [0.717, 1.165) is 19.3 Å². The summed E-state index contributed by atoms with van der Waals surface area (Å²) < 4.78 is 0. The van der Waals surface area contributed by atoms with Crippen molar-refractivity contribution in [3.63, 3.8) is 0 Å². The summed E-state index contributed by atoms with van der Waals surface area (Å²) in [6.07, 6.45) is 7.98. The molecule has 6 rings (SSSR count). The van der Waals surface area contributed by atoms with Crippen molar-refractivity contribution in [2.75, 3.05) is 0 Å². The van der Waals surface area contributed by atoms with Crippen LogP contribution in [0.5, 0.6) is 0 Å². The first kappa shape index (κ1) is 19.9. The van der Waals surface area contributed by atoms with Crippen LogP contribution in [0.3, 0.4) is 0 Å². The van der Waals surface area contributed by atoms with Gasteiger partial charge in [-0.05, 0) is 86.0 Å². The fourth-order valence-corrected chi connectivity index (χ4v) is 6.74. The number of amides is 1. The molecule has 1 amide bonds. The lowest BCUT2D eigenvalue weighted by Crippen LogP contribution is -2.58. The molecular weight excluding hydrogens is 390 g/mol. The van der Waals surface area contributed by atoms with Crippen LogP contribution in [0, 0.1) is 34.3 Å². The van der Waals surface area contributed by atoms with E-state index in [0.29, 0.717) is 17.4 Å². The monoisotopic (exact) mass is 417 g/mol. The average molecular weight is 418 g/mol. The molecule has 6 heteroatoms. The highest BCUT2D eigenvalue weighted by Crippen LogP contribution is 2.65. The van der Waals surface area contributed by atoms with E-state index in [2.05, 4.69) is 41.7 Å². The molecule has 160 valence electrons. The van der Waals surface area contributed by atoms with Crippen LogP contribution in [0.4, 0.5) is 5.69 Å². The summed E-state index contributed by atoms with van der Waals surface area (Å²) in [4.78, 5) is 23.7. The molecule has 0 radical (unpaired) electrons. The molecule has 2 aromatic carbocycles. The van der Waals surface area contributed by atoms with Crippen LogP contribution in [0.25, 0.3) is 0 Å².